The van der Waals surface area contributed by atoms with Crippen molar-refractivity contribution in [2.45, 2.75) is 0 Å². The van der Waals surface area contributed by atoms with Crippen LogP contribution in [0.4, 0.5) is 5.69 Å². The van der Waals surface area contributed by atoms with Gasteiger partial charge in [0, 0.05) is 23.6 Å². The summed E-state index contributed by atoms with van der Waals surface area (Å²) in [5, 5.41) is 10.8. The van der Waals surface area contributed by atoms with E-state index in [1.54, 1.807) is 0 Å². The number of esters is 1. The Morgan fingerprint density at radius 3 is 2.72 bits per heavy atom. The molecule has 1 aromatic heterocycles. The third-order valence-corrected chi connectivity index (χ3v) is 2.34. The lowest BCUT2D eigenvalue weighted by Gasteiger charge is -2.02. The summed E-state index contributed by atoms with van der Waals surface area (Å²) in [7, 11) is 1.15. The summed E-state index contributed by atoms with van der Waals surface area (Å²) in [6, 6.07) is 4.55. The van der Waals surface area contributed by atoms with Crippen LogP contribution >= 0.6 is 0 Å². The number of rotatable bonds is 2. The standard InChI is InChI=1S/C11H7NO6/c1-17-11(14)8-5-10(13)18-9-3-2-6(12(15)16)4-7(8)9/h2-5H,1H3. The predicted molar refractivity (Wildman–Crippen MR) is 60.5 cm³/mol. The largest absolute Gasteiger partial charge is 0.465 e. The molecule has 7 heteroatoms. The van der Waals surface area contributed by atoms with Gasteiger partial charge in [0.1, 0.15) is 5.58 Å². The van der Waals surface area contributed by atoms with Crippen LogP contribution in [0.25, 0.3) is 11.0 Å². The molecule has 92 valence electrons. The zero-order valence-electron chi connectivity index (χ0n) is 9.21. The molecule has 0 unspecified atom stereocenters. The lowest BCUT2D eigenvalue weighted by atomic mass is 10.1. The molecule has 0 amide bonds. The first-order chi connectivity index (χ1) is 8.52. The second kappa shape index (κ2) is 4.28. The van der Waals surface area contributed by atoms with Crippen molar-refractivity contribution in [3.63, 3.8) is 0 Å². The minimum Gasteiger partial charge on any atom is -0.465 e. The summed E-state index contributed by atoms with van der Waals surface area (Å²) in [4.78, 5) is 32.8. The molecule has 0 aliphatic rings. The number of hydrogen-bond donors (Lipinski definition) is 0. The first-order valence-corrected chi connectivity index (χ1v) is 4.83. The van der Waals surface area contributed by atoms with Crippen molar-refractivity contribution in [3.05, 3.63) is 50.4 Å². The number of carbonyl (C=O) groups is 1. The van der Waals surface area contributed by atoms with Crippen molar-refractivity contribution in [3.8, 4) is 0 Å². The number of nitrogens with zero attached hydrogens (tertiary/aromatic N) is 1. The Morgan fingerprint density at radius 2 is 2.11 bits per heavy atom. The van der Waals surface area contributed by atoms with Gasteiger partial charge in [-0.2, -0.15) is 0 Å². The summed E-state index contributed by atoms with van der Waals surface area (Å²) < 4.78 is 9.36. The molecule has 0 fully saturated rings. The van der Waals surface area contributed by atoms with E-state index in [9.17, 15) is 19.7 Å². The van der Waals surface area contributed by atoms with Crippen LogP contribution in [0.5, 0.6) is 0 Å². The number of nitro benzene ring substituents is 1. The van der Waals surface area contributed by atoms with Crippen LogP contribution in [0.3, 0.4) is 0 Å². The van der Waals surface area contributed by atoms with Gasteiger partial charge in [-0.05, 0) is 6.07 Å². The predicted octanol–water partition coefficient (Wildman–Crippen LogP) is 1.49. The Kier molecular flexibility index (Phi) is 2.80. The molecular weight excluding hydrogens is 242 g/mol. The van der Waals surface area contributed by atoms with Gasteiger partial charge < -0.3 is 9.15 Å². The molecule has 7 nitrogen and oxygen atoms in total. The molecule has 0 bridgehead atoms. The maximum Gasteiger partial charge on any atom is 0.338 e. The second-order valence-electron chi connectivity index (χ2n) is 3.41. The minimum absolute atomic E-state index is 0.0625. The lowest BCUT2D eigenvalue weighted by molar-refractivity contribution is -0.384. The highest BCUT2D eigenvalue weighted by atomic mass is 16.6. The topological polar surface area (TPSA) is 99.7 Å². The Balaban J connectivity index is 2.82. The second-order valence-corrected chi connectivity index (χ2v) is 3.41. The lowest BCUT2D eigenvalue weighted by Crippen LogP contribution is -2.08. The maximum atomic E-state index is 11.5. The van der Waals surface area contributed by atoms with Gasteiger partial charge in [-0.15, -0.1) is 0 Å². The fraction of sp³-hybridized carbons (Fsp3) is 0.0909. The summed E-state index contributed by atoms with van der Waals surface area (Å²) in [6.45, 7) is 0. The van der Waals surface area contributed by atoms with E-state index in [2.05, 4.69) is 4.74 Å². The van der Waals surface area contributed by atoms with Crippen LogP contribution in [0.15, 0.2) is 33.5 Å². The number of fused-ring (bicyclic) bond motifs is 1. The van der Waals surface area contributed by atoms with E-state index in [4.69, 9.17) is 4.42 Å². The Hall–Kier alpha value is -2.70. The van der Waals surface area contributed by atoms with Crippen molar-refractivity contribution < 1.29 is 18.9 Å². The van der Waals surface area contributed by atoms with E-state index in [1.165, 1.54) is 12.1 Å². The molecule has 0 saturated heterocycles. The molecule has 0 atom stereocenters. The number of non-ortho nitro benzene ring substituents is 1. The molecule has 18 heavy (non-hydrogen) atoms. The van der Waals surface area contributed by atoms with Crippen molar-refractivity contribution in [1.82, 2.24) is 0 Å². The van der Waals surface area contributed by atoms with Gasteiger partial charge in [-0.3, -0.25) is 10.1 Å². The molecule has 0 spiro atoms. The molecule has 2 aromatic rings. The van der Waals surface area contributed by atoms with Gasteiger partial charge in [0.15, 0.2) is 0 Å². The van der Waals surface area contributed by atoms with E-state index in [0.29, 0.717) is 0 Å². The van der Waals surface area contributed by atoms with Crippen molar-refractivity contribution >= 4 is 22.6 Å². The van der Waals surface area contributed by atoms with Gasteiger partial charge >= 0.3 is 11.6 Å². The zero-order valence-corrected chi connectivity index (χ0v) is 9.21. The third-order valence-electron chi connectivity index (χ3n) is 2.34. The van der Waals surface area contributed by atoms with Crippen molar-refractivity contribution in [1.29, 1.82) is 0 Å². The maximum absolute atomic E-state index is 11.5. The van der Waals surface area contributed by atoms with Gasteiger partial charge in [0.2, 0.25) is 0 Å². The molecule has 0 N–H and O–H groups in total. The highest BCUT2D eigenvalue weighted by molar-refractivity contribution is 6.03. The minimum atomic E-state index is -0.756. The monoisotopic (exact) mass is 249 g/mol. The Morgan fingerprint density at radius 1 is 1.39 bits per heavy atom. The first-order valence-electron chi connectivity index (χ1n) is 4.83. The number of carbonyl (C=O) groups excluding carboxylic acids is 1. The number of methoxy groups -OCH3 is 1. The van der Waals surface area contributed by atoms with E-state index in [-0.39, 0.29) is 22.2 Å². The van der Waals surface area contributed by atoms with Crippen LogP contribution < -0.4 is 5.63 Å². The van der Waals surface area contributed by atoms with E-state index >= 15 is 0 Å². The number of ether oxygens (including phenoxy) is 1. The van der Waals surface area contributed by atoms with Gasteiger partial charge in [-0.1, -0.05) is 0 Å². The Bertz CT molecular complexity index is 702. The van der Waals surface area contributed by atoms with Crippen molar-refractivity contribution in [2.24, 2.45) is 0 Å². The molecule has 0 aliphatic heterocycles. The molecule has 1 heterocycles. The van der Waals surface area contributed by atoms with Crippen LogP contribution in [0, 0.1) is 10.1 Å². The summed E-state index contributed by atoms with van der Waals surface area (Å²) in [5.41, 5.74) is -0.904. The highest BCUT2D eigenvalue weighted by Gasteiger charge is 2.16. The molecular formula is C11H7NO6. The molecule has 1 aromatic carbocycles. The Labute approximate surface area is 99.7 Å². The normalized spacial score (nSPS) is 10.3. The smallest absolute Gasteiger partial charge is 0.338 e. The number of hydrogen-bond acceptors (Lipinski definition) is 6. The summed E-state index contributed by atoms with van der Waals surface area (Å²) in [6.07, 6.45) is 0. The number of nitro groups is 1. The quantitative estimate of drug-likeness (QED) is 0.346. The average molecular weight is 249 g/mol. The fourth-order valence-electron chi connectivity index (χ4n) is 1.54. The van der Waals surface area contributed by atoms with E-state index in [1.807, 2.05) is 0 Å². The number of benzene rings is 1. The average Bonchev–Trinajstić information content (AvgIpc) is 2.36. The third kappa shape index (κ3) is 1.93. The fourth-order valence-corrected chi connectivity index (χ4v) is 1.54. The van der Waals surface area contributed by atoms with E-state index in [0.717, 1.165) is 19.2 Å². The van der Waals surface area contributed by atoms with Gasteiger partial charge in [0.25, 0.3) is 5.69 Å². The van der Waals surface area contributed by atoms with Gasteiger partial charge in [0.05, 0.1) is 17.6 Å². The first kappa shape index (κ1) is 11.8. The molecule has 0 aliphatic carbocycles. The summed E-state index contributed by atoms with van der Waals surface area (Å²) in [5.74, 6) is -0.756. The SMILES string of the molecule is COC(=O)c1cc(=O)oc2ccc([N+](=O)[O-])cc12. The van der Waals surface area contributed by atoms with Crippen LogP contribution in [-0.2, 0) is 4.74 Å². The zero-order chi connectivity index (χ0) is 13.3. The van der Waals surface area contributed by atoms with Crippen molar-refractivity contribution in [2.75, 3.05) is 7.11 Å². The van der Waals surface area contributed by atoms with E-state index < -0.39 is 16.5 Å². The molecule has 2 rings (SSSR count). The molecule has 0 radical (unpaired) electrons. The van der Waals surface area contributed by atoms with Crippen LogP contribution in [0.2, 0.25) is 0 Å². The van der Waals surface area contributed by atoms with Gasteiger partial charge in [-0.25, -0.2) is 9.59 Å². The van der Waals surface area contributed by atoms with Crippen LogP contribution in [0.1, 0.15) is 10.4 Å². The highest BCUT2D eigenvalue weighted by Crippen LogP contribution is 2.23. The summed E-state index contributed by atoms with van der Waals surface area (Å²) >= 11 is 0. The van der Waals surface area contributed by atoms with Crippen LogP contribution in [-0.4, -0.2) is 18.0 Å². The molecule has 0 saturated carbocycles.